The molecule has 0 spiro atoms. The van der Waals surface area contributed by atoms with Gasteiger partial charge in [0.05, 0.1) is 5.69 Å². The summed E-state index contributed by atoms with van der Waals surface area (Å²) >= 11 is 1.10. The number of nitrogens with two attached hydrogens (primary N) is 1. The van der Waals surface area contributed by atoms with E-state index in [0.717, 1.165) is 37.3 Å². The maximum Gasteiger partial charge on any atom is 0.249 e. The molecule has 102 valence electrons. The predicted molar refractivity (Wildman–Crippen MR) is 72.4 cm³/mol. The van der Waals surface area contributed by atoms with Crippen LogP contribution in [0.15, 0.2) is 4.21 Å². The van der Waals surface area contributed by atoms with Gasteiger partial charge in [-0.15, -0.1) is 0 Å². The van der Waals surface area contributed by atoms with E-state index < -0.39 is 10.0 Å². The molecule has 6 nitrogen and oxygen atoms in total. The highest BCUT2D eigenvalue weighted by molar-refractivity contribution is 7.91. The molecule has 0 saturated carbocycles. The van der Waals surface area contributed by atoms with E-state index in [2.05, 4.69) is 22.5 Å². The first-order valence-electron chi connectivity index (χ1n) is 5.79. The molecule has 0 atom stereocenters. The van der Waals surface area contributed by atoms with E-state index >= 15 is 0 Å². The van der Waals surface area contributed by atoms with Gasteiger partial charge in [0.25, 0.3) is 0 Å². The van der Waals surface area contributed by atoms with E-state index in [1.54, 1.807) is 6.92 Å². The number of thiazole rings is 1. The number of nitrogens with zero attached hydrogens (tertiary/aromatic N) is 1. The van der Waals surface area contributed by atoms with Crippen LogP contribution in [0.2, 0.25) is 0 Å². The quantitative estimate of drug-likeness (QED) is 0.759. The average Bonchev–Trinajstić information content (AvgIpc) is 2.59. The van der Waals surface area contributed by atoms with E-state index in [1.807, 2.05) is 0 Å². The zero-order valence-corrected chi connectivity index (χ0v) is 12.1. The van der Waals surface area contributed by atoms with E-state index in [-0.39, 0.29) is 9.75 Å². The normalized spacial score (nSPS) is 19.7. The SMILES string of the molecule is Cc1nc(NC2(C)CCNCC2)sc1S(N)(=O)=O. The molecule has 8 heteroatoms. The van der Waals surface area contributed by atoms with Crippen molar-refractivity contribution >= 4 is 26.5 Å². The third-order valence-electron chi connectivity index (χ3n) is 3.13. The Balaban J connectivity index is 2.20. The van der Waals surface area contributed by atoms with Crippen LogP contribution < -0.4 is 15.8 Å². The number of primary sulfonamides is 1. The van der Waals surface area contributed by atoms with Crippen molar-refractivity contribution in [3.05, 3.63) is 5.69 Å². The monoisotopic (exact) mass is 290 g/mol. The Bertz CT molecular complexity index is 532. The van der Waals surface area contributed by atoms with E-state index in [1.165, 1.54) is 0 Å². The first-order chi connectivity index (χ1) is 8.30. The van der Waals surface area contributed by atoms with Gasteiger partial charge in [-0.1, -0.05) is 11.3 Å². The largest absolute Gasteiger partial charge is 0.356 e. The lowest BCUT2D eigenvalue weighted by Gasteiger charge is -2.34. The van der Waals surface area contributed by atoms with Crippen LogP contribution in [0.1, 0.15) is 25.5 Å². The summed E-state index contributed by atoms with van der Waals surface area (Å²) in [4.78, 5) is 4.24. The summed E-state index contributed by atoms with van der Waals surface area (Å²) in [6.45, 7) is 5.69. The Morgan fingerprint density at radius 2 is 2.06 bits per heavy atom. The Morgan fingerprint density at radius 3 is 2.56 bits per heavy atom. The van der Waals surface area contributed by atoms with Crippen LogP contribution in [-0.4, -0.2) is 32.0 Å². The fourth-order valence-corrected chi connectivity index (χ4v) is 4.07. The Kier molecular flexibility index (Phi) is 3.63. The molecule has 1 aromatic rings. The molecular weight excluding hydrogens is 272 g/mol. The number of anilines is 1. The molecule has 0 aliphatic carbocycles. The van der Waals surface area contributed by atoms with Crippen molar-refractivity contribution in [2.75, 3.05) is 18.4 Å². The number of nitrogens with one attached hydrogen (secondary N) is 2. The molecule has 1 aliphatic heterocycles. The first kappa shape index (κ1) is 13.7. The van der Waals surface area contributed by atoms with Crippen molar-refractivity contribution in [1.29, 1.82) is 0 Å². The second-order valence-electron chi connectivity index (χ2n) is 4.87. The summed E-state index contributed by atoms with van der Waals surface area (Å²) in [6.07, 6.45) is 1.96. The summed E-state index contributed by atoms with van der Waals surface area (Å²) in [5, 5.41) is 12.4. The highest BCUT2D eigenvalue weighted by Gasteiger charge is 2.28. The van der Waals surface area contributed by atoms with Gasteiger partial charge in [0, 0.05) is 5.54 Å². The van der Waals surface area contributed by atoms with Crippen molar-refractivity contribution in [2.45, 2.75) is 36.4 Å². The predicted octanol–water partition coefficient (Wildman–Crippen LogP) is 0.653. The van der Waals surface area contributed by atoms with E-state index in [4.69, 9.17) is 5.14 Å². The number of rotatable bonds is 3. The molecular formula is C10H18N4O2S2. The minimum Gasteiger partial charge on any atom is -0.356 e. The lowest BCUT2D eigenvalue weighted by atomic mass is 9.91. The minimum absolute atomic E-state index is 0.0365. The van der Waals surface area contributed by atoms with Gasteiger partial charge in [0.2, 0.25) is 10.0 Å². The fourth-order valence-electron chi connectivity index (χ4n) is 2.06. The van der Waals surface area contributed by atoms with Crippen LogP contribution in [0, 0.1) is 6.92 Å². The number of sulfonamides is 1. The van der Waals surface area contributed by atoms with Gasteiger partial charge in [0.15, 0.2) is 9.34 Å². The molecule has 18 heavy (non-hydrogen) atoms. The summed E-state index contributed by atoms with van der Waals surface area (Å²) in [6, 6.07) is 0. The smallest absolute Gasteiger partial charge is 0.249 e. The summed E-state index contributed by atoms with van der Waals surface area (Å²) < 4.78 is 22.8. The van der Waals surface area contributed by atoms with E-state index in [0.29, 0.717) is 10.8 Å². The number of aromatic nitrogens is 1. The summed E-state index contributed by atoms with van der Waals surface area (Å²) in [5.74, 6) is 0. The van der Waals surface area contributed by atoms with Gasteiger partial charge >= 0.3 is 0 Å². The second-order valence-corrected chi connectivity index (χ2v) is 7.63. The first-order valence-corrected chi connectivity index (χ1v) is 8.16. The van der Waals surface area contributed by atoms with Crippen molar-refractivity contribution < 1.29 is 8.42 Å². The third kappa shape index (κ3) is 3.00. The maximum atomic E-state index is 11.3. The topological polar surface area (TPSA) is 97.1 Å². The molecule has 2 rings (SSSR count). The molecule has 1 aliphatic rings. The standard InChI is InChI=1S/C10H18N4O2S2/c1-7-8(18(11,15)16)17-9(13-7)14-10(2)3-5-12-6-4-10/h12H,3-6H2,1-2H3,(H,13,14)(H2,11,15,16). The van der Waals surface area contributed by atoms with Crippen LogP contribution >= 0.6 is 11.3 Å². The highest BCUT2D eigenvalue weighted by Crippen LogP contribution is 2.30. The third-order valence-corrected chi connectivity index (χ3v) is 5.75. The highest BCUT2D eigenvalue weighted by atomic mass is 32.2. The van der Waals surface area contributed by atoms with Gasteiger partial charge in [0.1, 0.15) is 0 Å². The van der Waals surface area contributed by atoms with Gasteiger partial charge in [-0.05, 0) is 39.8 Å². The number of aryl methyl sites for hydroxylation is 1. The zero-order valence-electron chi connectivity index (χ0n) is 10.5. The number of hydrogen-bond donors (Lipinski definition) is 3. The molecule has 1 saturated heterocycles. The summed E-state index contributed by atoms with van der Waals surface area (Å²) in [7, 11) is -3.67. The lowest BCUT2D eigenvalue weighted by Crippen LogP contribution is -2.45. The van der Waals surface area contributed by atoms with Crippen molar-refractivity contribution in [1.82, 2.24) is 10.3 Å². The van der Waals surface area contributed by atoms with Crippen LogP contribution in [0.3, 0.4) is 0 Å². The van der Waals surface area contributed by atoms with Crippen molar-refractivity contribution in [2.24, 2.45) is 5.14 Å². The molecule has 0 bridgehead atoms. The minimum atomic E-state index is -3.67. The molecule has 0 aromatic carbocycles. The Hall–Kier alpha value is -0.700. The van der Waals surface area contributed by atoms with Crippen molar-refractivity contribution in [3.63, 3.8) is 0 Å². The summed E-state index contributed by atoms with van der Waals surface area (Å²) in [5.41, 5.74) is 0.424. The van der Waals surface area contributed by atoms with Gasteiger partial charge in [-0.2, -0.15) is 0 Å². The van der Waals surface area contributed by atoms with Gasteiger partial charge < -0.3 is 10.6 Å². The Morgan fingerprint density at radius 1 is 1.44 bits per heavy atom. The molecule has 0 amide bonds. The molecule has 1 aromatic heterocycles. The average molecular weight is 290 g/mol. The fraction of sp³-hybridized carbons (Fsp3) is 0.700. The molecule has 4 N–H and O–H groups in total. The lowest BCUT2D eigenvalue weighted by molar-refractivity contribution is 0.365. The number of hydrogen-bond acceptors (Lipinski definition) is 6. The maximum absolute atomic E-state index is 11.3. The molecule has 0 unspecified atom stereocenters. The molecule has 1 fully saturated rings. The Labute approximate surface area is 111 Å². The van der Waals surface area contributed by atoms with Crippen LogP contribution in [0.25, 0.3) is 0 Å². The molecule has 0 radical (unpaired) electrons. The van der Waals surface area contributed by atoms with Crippen molar-refractivity contribution in [3.8, 4) is 0 Å². The van der Waals surface area contributed by atoms with E-state index in [9.17, 15) is 8.42 Å². The zero-order chi connectivity index (χ0) is 13.4. The number of piperidine rings is 1. The second kappa shape index (κ2) is 4.76. The van der Waals surface area contributed by atoms with Crippen LogP contribution in [-0.2, 0) is 10.0 Å². The molecule has 2 heterocycles. The van der Waals surface area contributed by atoms with Crippen LogP contribution in [0.5, 0.6) is 0 Å². The van der Waals surface area contributed by atoms with Gasteiger partial charge in [-0.3, -0.25) is 0 Å². The van der Waals surface area contributed by atoms with Gasteiger partial charge in [-0.25, -0.2) is 18.5 Å². The van der Waals surface area contributed by atoms with Crippen LogP contribution in [0.4, 0.5) is 5.13 Å².